The molecule has 3 rings (SSSR count). The summed E-state index contributed by atoms with van der Waals surface area (Å²) in [7, 11) is 5.98. The van der Waals surface area contributed by atoms with E-state index in [9.17, 15) is 15.4 Å². The Labute approximate surface area is 217 Å². The van der Waals surface area contributed by atoms with Crippen molar-refractivity contribution in [3.63, 3.8) is 0 Å². The van der Waals surface area contributed by atoms with E-state index >= 15 is 0 Å². The molecule has 0 saturated heterocycles. The first-order valence-corrected chi connectivity index (χ1v) is 12.1. The fourth-order valence-electron chi connectivity index (χ4n) is 4.84. The molecule has 10 nitrogen and oxygen atoms in total. The molecule has 0 N–H and O–H groups in total. The van der Waals surface area contributed by atoms with E-state index in [1.54, 1.807) is 18.2 Å². The highest BCUT2D eigenvalue weighted by Crippen LogP contribution is 2.52. The lowest BCUT2D eigenvalue weighted by molar-refractivity contribution is -0.527. The van der Waals surface area contributed by atoms with E-state index < -0.39 is 17.7 Å². The SMILES string of the molecule is COc1cc(C(C#N)(CCCC(CC2Oc3ccccc3O2)[N+](=O)[O-])C(C)C)c(OC)c(OC)c1OC. The third-order valence-electron chi connectivity index (χ3n) is 6.89. The predicted octanol–water partition coefficient (Wildman–Crippen LogP) is 5.14. The molecule has 2 unspecified atom stereocenters. The van der Waals surface area contributed by atoms with Gasteiger partial charge in [-0.3, -0.25) is 10.1 Å². The highest BCUT2D eigenvalue weighted by Gasteiger charge is 2.42. The van der Waals surface area contributed by atoms with E-state index in [0.29, 0.717) is 52.9 Å². The van der Waals surface area contributed by atoms with Crippen LogP contribution in [0.1, 0.15) is 45.1 Å². The van der Waals surface area contributed by atoms with Gasteiger partial charge in [-0.2, -0.15) is 5.26 Å². The molecule has 2 aromatic rings. The summed E-state index contributed by atoms with van der Waals surface area (Å²) < 4.78 is 33.7. The van der Waals surface area contributed by atoms with Crippen LogP contribution in [0.25, 0.3) is 0 Å². The van der Waals surface area contributed by atoms with E-state index in [1.807, 2.05) is 26.0 Å². The van der Waals surface area contributed by atoms with E-state index in [4.69, 9.17) is 28.4 Å². The maximum absolute atomic E-state index is 11.9. The van der Waals surface area contributed by atoms with Gasteiger partial charge >= 0.3 is 0 Å². The zero-order valence-electron chi connectivity index (χ0n) is 22.1. The minimum absolute atomic E-state index is 0.0937. The van der Waals surface area contributed by atoms with Gasteiger partial charge in [0, 0.05) is 16.9 Å². The van der Waals surface area contributed by atoms with Gasteiger partial charge in [-0.1, -0.05) is 26.0 Å². The molecule has 200 valence electrons. The summed E-state index contributed by atoms with van der Waals surface area (Å²) in [4.78, 5) is 11.6. The second-order valence-corrected chi connectivity index (χ2v) is 9.14. The van der Waals surface area contributed by atoms with Crippen LogP contribution in [0.15, 0.2) is 30.3 Å². The van der Waals surface area contributed by atoms with Gasteiger partial charge in [0.2, 0.25) is 23.8 Å². The molecule has 0 saturated carbocycles. The summed E-state index contributed by atoms with van der Waals surface area (Å²) in [6.07, 6.45) is 0.379. The summed E-state index contributed by atoms with van der Waals surface area (Å²) in [6, 6.07) is 10.5. The zero-order valence-corrected chi connectivity index (χ0v) is 22.1. The average molecular weight is 515 g/mol. The van der Waals surface area contributed by atoms with Crippen LogP contribution >= 0.6 is 0 Å². The molecule has 37 heavy (non-hydrogen) atoms. The van der Waals surface area contributed by atoms with Crippen molar-refractivity contribution in [3.05, 3.63) is 46.0 Å². The number of para-hydroxylation sites is 2. The lowest BCUT2D eigenvalue weighted by atomic mass is 9.69. The summed E-state index contributed by atoms with van der Waals surface area (Å²) in [5.74, 6) is 2.43. The molecule has 1 heterocycles. The van der Waals surface area contributed by atoms with Crippen molar-refractivity contribution in [3.8, 4) is 40.6 Å². The smallest absolute Gasteiger partial charge is 0.248 e. The normalized spacial score (nSPS) is 15.0. The number of rotatable bonds is 13. The molecule has 0 aliphatic carbocycles. The maximum Gasteiger partial charge on any atom is 0.248 e. The Morgan fingerprint density at radius 1 is 1.03 bits per heavy atom. The van der Waals surface area contributed by atoms with Gasteiger partial charge in [-0.25, -0.2) is 0 Å². The average Bonchev–Trinajstić information content (AvgIpc) is 3.31. The monoisotopic (exact) mass is 514 g/mol. The predicted molar refractivity (Wildman–Crippen MR) is 136 cm³/mol. The number of hydrogen-bond donors (Lipinski definition) is 0. The van der Waals surface area contributed by atoms with Crippen LogP contribution in [0.3, 0.4) is 0 Å². The number of methoxy groups -OCH3 is 4. The van der Waals surface area contributed by atoms with Gasteiger partial charge in [0.25, 0.3) is 0 Å². The first kappa shape index (κ1) is 27.7. The van der Waals surface area contributed by atoms with Gasteiger partial charge < -0.3 is 28.4 Å². The summed E-state index contributed by atoms with van der Waals surface area (Å²) in [6.45, 7) is 3.88. The lowest BCUT2D eigenvalue weighted by Gasteiger charge is -2.34. The number of nitrogens with zero attached hydrogens (tertiary/aromatic N) is 2. The van der Waals surface area contributed by atoms with Crippen LogP contribution in [-0.4, -0.2) is 45.7 Å². The quantitative estimate of drug-likeness (QED) is 0.264. The van der Waals surface area contributed by atoms with E-state index in [0.717, 1.165) is 0 Å². The number of benzene rings is 2. The fourth-order valence-corrected chi connectivity index (χ4v) is 4.84. The van der Waals surface area contributed by atoms with Gasteiger partial charge in [-0.05, 0) is 37.0 Å². The fraction of sp³-hybridized carbons (Fsp3) is 0.519. The first-order chi connectivity index (χ1) is 17.8. The topological polar surface area (TPSA) is 122 Å². The molecule has 10 heteroatoms. The van der Waals surface area contributed by atoms with Crippen LogP contribution in [-0.2, 0) is 5.41 Å². The Morgan fingerprint density at radius 3 is 2.08 bits per heavy atom. The number of nitriles is 1. The molecule has 0 spiro atoms. The molecule has 0 aromatic heterocycles. The van der Waals surface area contributed by atoms with Gasteiger partial charge in [0.15, 0.2) is 23.0 Å². The molecule has 0 radical (unpaired) electrons. The third-order valence-corrected chi connectivity index (χ3v) is 6.89. The molecule has 0 bridgehead atoms. The number of ether oxygens (including phenoxy) is 6. The number of fused-ring (bicyclic) bond motifs is 1. The van der Waals surface area contributed by atoms with Crippen LogP contribution in [0.4, 0.5) is 0 Å². The maximum atomic E-state index is 11.9. The van der Waals surface area contributed by atoms with Crippen molar-refractivity contribution < 1.29 is 33.3 Å². The molecule has 2 aromatic carbocycles. The zero-order chi connectivity index (χ0) is 27.2. The van der Waals surface area contributed by atoms with Crippen molar-refractivity contribution in [1.82, 2.24) is 0 Å². The molecule has 0 amide bonds. The van der Waals surface area contributed by atoms with Crippen molar-refractivity contribution in [1.29, 1.82) is 5.26 Å². The van der Waals surface area contributed by atoms with Gasteiger partial charge in [-0.15, -0.1) is 0 Å². The minimum Gasteiger partial charge on any atom is -0.493 e. The third kappa shape index (κ3) is 5.45. The van der Waals surface area contributed by atoms with Crippen LogP contribution < -0.4 is 28.4 Å². The second kappa shape index (κ2) is 11.9. The Kier molecular flexibility index (Phi) is 8.92. The highest BCUT2D eigenvalue weighted by molar-refractivity contribution is 5.65. The second-order valence-electron chi connectivity index (χ2n) is 9.14. The Hall–Kier alpha value is -3.87. The van der Waals surface area contributed by atoms with E-state index in [2.05, 4.69) is 6.07 Å². The van der Waals surface area contributed by atoms with E-state index in [1.165, 1.54) is 28.4 Å². The number of hydrogen-bond acceptors (Lipinski definition) is 9. The Balaban J connectivity index is 1.85. The molecule has 0 fully saturated rings. The number of nitro groups is 1. The largest absolute Gasteiger partial charge is 0.493 e. The molecular weight excluding hydrogens is 480 g/mol. The molecule has 1 aliphatic rings. The molecular formula is C27H34N2O8. The Morgan fingerprint density at radius 2 is 1.62 bits per heavy atom. The van der Waals surface area contributed by atoms with E-state index in [-0.39, 0.29) is 23.7 Å². The van der Waals surface area contributed by atoms with Crippen molar-refractivity contribution in [2.24, 2.45) is 5.92 Å². The highest BCUT2D eigenvalue weighted by atomic mass is 16.7. The molecule has 1 aliphatic heterocycles. The first-order valence-electron chi connectivity index (χ1n) is 12.1. The van der Waals surface area contributed by atoms with Gasteiger partial charge in [0.05, 0.1) is 46.3 Å². The summed E-state index contributed by atoms with van der Waals surface area (Å²) >= 11 is 0. The van der Waals surface area contributed by atoms with Crippen molar-refractivity contribution >= 4 is 0 Å². The van der Waals surface area contributed by atoms with Crippen LogP contribution in [0, 0.1) is 27.4 Å². The Bertz CT molecular complexity index is 1120. The van der Waals surface area contributed by atoms with Crippen molar-refractivity contribution in [2.75, 3.05) is 28.4 Å². The lowest BCUT2D eigenvalue weighted by Crippen LogP contribution is -2.33. The van der Waals surface area contributed by atoms with Crippen molar-refractivity contribution in [2.45, 2.75) is 57.3 Å². The minimum atomic E-state index is -1.03. The summed E-state index contributed by atoms with van der Waals surface area (Å²) in [5.41, 5.74) is -0.451. The van der Waals surface area contributed by atoms with Crippen LogP contribution in [0.5, 0.6) is 34.5 Å². The molecule has 2 atom stereocenters. The van der Waals surface area contributed by atoms with Gasteiger partial charge in [0.1, 0.15) is 0 Å². The van der Waals surface area contributed by atoms with Crippen LogP contribution in [0.2, 0.25) is 0 Å². The summed E-state index contributed by atoms with van der Waals surface area (Å²) in [5, 5.41) is 22.4. The standard InChI is InChI=1S/C27H34N2O8/c1-17(2)27(16-28,19-15-22(32-3)25(34-5)26(35-6)24(19)33-4)13-9-10-18(29(30)31)14-23-36-20-11-7-8-12-21(20)37-23/h7-8,11-12,15,17-18,23H,9-10,13-14H2,1-6H3.